The second kappa shape index (κ2) is 4.82. The number of aliphatic hydroxyl groups is 1. The van der Waals surface area contributed by atoms with Crippen LogP contribution in [-0.2, 0) is 7.05 Å². The lowest BCUT2D eigenvalue weighted by atomic mass is 10.1. The summed E-state index contributed by atoms with van der Waals surface area (Å²) in [4.78, 5) is 0. The van der Waals surface area contributed by atoms with Crippen molar-refractivity contribution in [3.05, 3.63) is 41.2 Å². The molecule has 1 N–H and O–H groups in total. The van der Waals surface area contributed by atoms with Gasteiger partial charge in [0.1, 0.15) is 11.4 Å². The fraction of sp³-hybridized carbons (Fsp3) is 0.357. The van der Waals surface area contributed by atoms with E-state index in [1.54, 1.807) is 11.6 Å². The van der Waals surface area contributed by atoms with Crippen LogP contribution < -0.4 is 4.74 Å². The molecule has 18 heavy (non-hydrogen) atoms. The molecule has 0 saturated heterocycles. The minimum absolute atomic E-state index is 0.557. The molecule has 0 aliphatic rings. The van der Waals surface area contributed by atoms with E-state index in [9.17, 15) is 5.11 Å². The van der Waals surface area contributed by atoms with E-state index in [2.05, 4.69) is 5.10 Å². The molecule has 4 heteroatoms. The first kappa shape index (κ1) is 12.6. The second-order valence-corrected chi connectivity index (χ2v) is 4.44. The van der Waals surface area contributed by atoms with Gasteiger partial charge in [-0.1, -0.05) is 18.2 Å². The molecule has 1 aromatic heterocycles. The SMILES string of the molecule is Cc1nn(C)c(C)c1Oc1ccccc1[C@@H](C)O. The number of aliphatic hydroxyl groups excluding tert-OH is 1. The molecule has 4 nitrogen and oxygen atoms in total. The molecule has 1 heterocycles. The lowest BCUT2D eigenvalue weighted by Crippen LogP contribution is -1.97. The summed E-state index contributed by atoms with van der Waals surface area (Å²) in [5.41, 5.74) is 2.59. The van der Waals surface area contributed by atoms with Gasteiger partial charge < -0.3 is 9.84 Å². The summed E-state index contributed by atoms with van der Waals surface area (Å²) in [7, 11) is 1.88. The smallest absolute Gasteiger partial charge is 0.171 e. The lowest BCUT2D eigenvalue weighted by Gasteiger charge is -2.13. The number of aryl methyl sites for hydroxylation is 2. The van der Waals surface area contributed by atoms with Crippen molar-refractivity contribution >= 4 is 0 Å². The van der Waals surface area contributed by atoms with Crippen LogP contribution in [0.4, 0.5) is 0 Å². The van der Waals surface area contributed by atoms with Gasteiger partial charge in [-0.2, -0.15) is 5.10 Å². The Balaban J connectivity index is 2.40. The fourth-order valence-electron chi connectivity index (χ4n) is 1.93. The van der Waals surface area contributed by atoms with Gasteiger partial charge in [-0.05, 0) is 26.8 Å². The average molecular weight is 246 g/mol. The van der Waals surface area contributed by atoms with E-state index >= 15 is 0 Å². The average Bonchev–Trinajstić information content (AvgIpc) is 2.56. The van der Waals surface area contributed by atoms with E-state index in [4.69, 9.17) is 4.74 Å². The summed E-state index contributed by atoms with van der Waals surface area (Å²) >= 11 is 0. The Morgan fingerprint density at radius 3 is 2.50 bits per heavy atom. The van der Waals surface area contributed by atoms with Crippen LogP contribution in [0.25, 0.3) is 0 Å². The summed E-state index contributed by atoms with van der Waals surface area (Å²) in [5, 5.41) is 14.0. The van der Waals surface area contributed by atoms with Crippen LogP contribution in [0.5, 0.6) is 11.5 Å². The van der Waals surface area contributed by atoms with Crippen LogP contribution in [0.2, 0.25) is 0 Å². The molecule has 0 bridgehead atoms. The van der Waals surface area contributed by atoms with E-state index in [-0.39, 0.29) is 0 Å². The van der Waals surface area contributed by atoms with Gasteiger partial charge in [-0.15, -0.1) is 0 Å². The van der Waals surface area contributed by atoms with Crippen LogP contribution in [-0.4, -0.2) is 14.9 Å². The van der Waals surface area contributed by atoms with Gasteiger partial charge >= 0.3 is 0 Å². The van der Waals surface area contributed by atoms with Crippen molar-refractivity contribution in [3.63, 3.8) is 0 Å². The Morgan fingerprint density at radius 2 is 1.94 bits per heavy atom. The summed E-state index contributed by atoms with van der Waals surface area (Å²) in [6, 6.07) is 7.50. The molecule has 0 aliphatic heterocycles. The maximum Gasteiger partial charge on any atom is 0.171 e. The minimum atomic E-state index is -0.557. The van der Waals surface area contributed by atoms with E-state index < -0.39 is 6.10 Å². The summed E-state index contributed by atoms with van der Waals surface area (Å²) < 4.78 is 7.70. The van der Waals surface area contributed by atoms with Gasteiger partial charge in [0.05, 0.1) is 11.8 Å². The number of ether oxygens (including phenoxy) is 1. The van der Waals surface area contributed by atoms with Crippen LogP contribution >= 0.6 is 0 Å². The first-order valence-electron chi connectivity index (χ1n) is 5.95. The van der Waals surface area contributed by atoms with Crippen molar-refractivity contribution in [1.82, 2.24) is 9.78 Å². The molecule has 96 valence electrons. The molecular formula is C14H18N2O2. The first-order chi connectivity index (χ1) is 8.50. The third-order valence-electron chi connectivity index (χ3n) is 3.02. The predicted molar refractivity (Wildman–Crippen MR) is 69.8 cm³/mol. The van der Waals surface area contributed by atoms with Crippen LogP contribution in [0, 0.1) is 13.8 Å². The van der Waals surface area contributed by atoms with Crippen molar-refractivity contribution in [1.29, 1.82) is 0 Å². The number of nitrogens with zero attached hydrogens (tertiary/aromatic N) is 2. The van der Waals surface area contributed by atoms with E-state index in [1.807, 2.05) is 45.2 Å². The van der Waals surface area contributed by atoms with Gasteiger partial charge in [-0.25, -0.2) is 0 Å². The molecule has 0 unspecified atom stereocenters. The third kappa shape index (κ3) is 2.24. The zero-order valence-electron chi connectivity index (χ0n) is 11.1. The standard InChI is InChI=1S/C14H18N2O2/c1-9-14(10(2)16(4)15-9)18-13-8-6-5-7-12(13)11(3)17/h5-8,11,17H,1-4H3/t11-/m1/s1. The maximum absolute atomic E-state index is 9.73. The van der Waals surface area contributed by atoms with Gasteiger partial charge in [0, 0.05) is 12.6 Å². The molecule has 1 aromatic carbocycles. The Labute approximate surface area is 107 Å². The second-order valence-electron chi connectivity index (χ2n) is 4.44. The lowest BCUT2D eigenvalue weighted by molar-refractivity contribution is 0.195. The van der Waals surface area contributed by atoms with Gasteiger partial charge in [0.2, 0.25) is 0 Å². The zero-order chi connectivity index (χ0) is 13.3. The van der Waals surface area contributed by atoms with Crippen LogP contribution in [0.15, 0.2) is 24.3 Å². The molecule has 0 spiro atoms. The quantitative estimate of drug-likeness (QED) is 0.905. The van der Waals surface area contributed by atoms with Crippen LogP contribution in [0.1, 0.15) is 30.0 Å². The Hall–Kier alpha value is -1.81. The number of hydrogen-bond acceptors (Lipinski definition) is 3. The summed E-state index contributed by atoms with van der Waals surface area (Å²) in [6.45, 7) is 5.60. The number of hydrogen-bond donors (Lipinski definition) is 1. The normalized spacial score (nSPS) is 12.5. The third-order valence-corrected chi connectivity index (χ3v) is 3.02. The maximum atomic E-state index is 9.73. The summed E-state index contributed by atoms with van der Waals surface area (Å²) in [5.74, 6) is 1.43. The topological polar surface area (TPSA) is 47.3 Å². The molecule has 0 radical (unpaired) electrons. The van der Waals surface area contributed by atoms with Gasteiger partial charge in [-0.3, -0.25) is 4.68 Å². The highest BCUT2D eigenvalue weighted by molar-refractivity contribution is 5.41. The highest BCUT2D eigenvalue weighted by Crippen LogP contribution is 2.32. The van der Waals surface area contributed by atoms with Crippen molar-refractivity contribution in [3.8, 4) is 11.5 Å². The van der Waals surface area contributed by atoms with Gasteiger partial charge in [0.25, 0.3) is 0 Å². The van der Waals surface area contributed by atoms with Crippen molar-refractivity contribution < 1.29 is 9.84 Å². The molecule has 0 amide bonds. The number of para-hydroxylation sites is 1. The van der Waals surface area contributed by atoms with Crippen molar-refractivity contribution in [2.24, 2.45) is 7.05 Å². The number of rotatable bonds is 3. The van der Waals surface area contributed by atoms with E-state index in [0.29, 0.717) is 5.75 Å². The minimum Gasteiger partial charge on any atom is -0.453 e. The van der Waals surface area contributed by atoms with E-state index in [1.165, 1.54) is 0 Å². The number of benzene rings is 1. The molecular weight excluding hydrogens is 228 g/mol. The zero-order valence-corrected chi connectivity index (χ0v) is 11.1. The van der Waals surface area contributed by atoms with Crippen molar-refractivity contribution in [2.75, 3.05) is 0 Å². The van der Waals surface area contributed by atoms with E-state index in [0.717, 1.165) is 22.7 Å². The van der Waals surface area contributed by atoms with Gasteiger partial charge in [0.15, 0.2) is 5.75 Å². The fourth-order valence-corrected chi connectivity index (χ4v) is 1.93. The largest absolute Gasteiger partial charge is 0.453 e. The Bertz CT molecular complexity index is 559. The molecule has 2 aromatic rings. The molecule has 0 aliphatic carbocycles. The highest BCUT2D eigenvalue weighted by Gasteiger charge is 2.15. The monoisotopic (exact) mass is 246 g/mol. The first-order valence-corrected chi connectivity index (χ1v) is 5.95. The predicted octanol–water partition coefficient (Wildman–Crippen LogP) is 2.88. The number of aromatic nitrogens is 2. The summed E-state index contributed by atoms with van der Waals surface area (Å²) in [6.07, 6.45) is -0.557. The highest BCUT2D eigenvalue weighted by atomic mass is 16.5. The Morgan fingerprint density at radius 1 is 1.28 bits per heavy atom. The molecule has 2 rings (SSSR count). The van der Waals surface area contributed by atoms with Crippen molar-refractivity contribution in [2.45, 2.75) is 26.9 Å². The Kier molecular flexibility index (Phi) is 3.39. The molecule has 0 saturated carbocycles. The molecule has 1 atom stereocenters. The molecule has 0 fully saturated rings. The van der Waals surface area contributed by atoms with Crippen LogP contribution in [0.3, 0.4) is 0 Å².